The van der Waals surface area contributed by atoms with Gasteiger partial charge >= 0.3 is 0 Å². The maximum Gasteiger partial charge on any atom is 0.128 e. The molecule has 1 atom stereocenters. The topological polar surface area (TPSA) is 23.5 Å². The second-order valence-corrected chi connectivity index (χ2v) is 3.98. The molecule has 1 aliphatic rings. The summed E-state index contributed by atoms with van der Waals surface area (Å²) < 4.78 is 0. The second-order valence-electron chi connectivity index (χ2n) is 3.48. The zero-order valence-electron chi connectivity index (χ0n) is 7.51. The Hall–Kier alpha value is 0.210. The summed E-state index contributed by atoms with van der Waals surface area (Å²) in [6, 6.07) is 0. The van der Waals surface area contributed by atoms with Crippen molar-refractivity contribution in [2.45, 2.75) is 37.7 Å². The fourth-order valence-electron chi connectivity index (χ4n) is 1.67. The summed E-state index contributed by atoms with van der Waals surface area (Å²) in [4.78, 5) is 2.46. The van der Waals surface area contributed by atoms with E-state index in [4.69, 9.17) is 16.7 Å². The predicted octanol–water partition coefficient (Wildman–Crippen LogP) is 1.81. The van der Waals surface area contributed by atoms with Gasteiger partial charge in [0.2, 0.25) is 0 Å². The number of hydrogen-bond acceptors (Lipinski definition) is 2. The molecule has 72 valence electrons. The molecule has 12 heavy (non-hydrogen) atoms. The highest BCUT2D eigenvalue weighted by Crippen LogP contribution is 2.10. The molecule has 0 aromatic heterocycles. The van der Waals surface area contributed by atoms with Crippen molar-refractivity contribution in [3.8, 4) is 0 Å². The molecule has 1 saturated heterocycles. The van der Waals surface area contributed by atoms with Crippen molar-refractivity contribution in [2.24, 2.45) is 0 Å². The Morgan fingerprint density at radius 1 is 1.25 bits per heavy atom. The second kappa shape index (κ2) is 5.79. The van der Waals surface area contributed by atoms with E-state index in [1.54, 1.807) is 0 Å². The molecular formula is C9H18ClNO. The number of aliphatic hydroxyl groups excluding tert-OH is 1. The zero-order valence-corrected chi connectivity index (χ0v) is 8.26. The lowest BCUT2D eigenvalue weighted by molar-refractivity contribution is 0.200. The van der Waals surface area contributed by atoms with Crippen LogP contribution in [0.2, 0.25) is 0 Å². The Bertz CT molecular complexity index is 113. The fourth-order valence-corrected chi connectivity index (χ4v) is 1.82. The number of halogens is 1. The van der Waals surface area contributed by atoms with Crippen LogP contribution >= 0.6 is 11.6 Å². The van der Waals surface area contributed by atoms with Crippen LogP contribution < -0.4 is 0 Å². The largest absolute Gasteiger partial charge is 0.378 e. The average Bonchev–Trinajstić information content (AvgIpc) is 2.05. The van der Waals surface area contributed by atoms with E-state index < -0.39 is 5.56 Å². The molecule has 0 spiro atoms. The number of nitrogens with zero attached hydrogens (tertiary/aromatic N) is 1. The lowest BCUT2D eigenvalue weighted by atomic mass is 10.1. The standard InChI is InChI=1S/C9H18ClNO/c10-9(12)5-4-8-11-6-2-1-3-7-11/h9,12H,1-8H2. The SMILES string of the molecule is OC(Cl)CCCN1CCCCC1. The van der Waals surface area contributed by atoms with Crippen LogP contribution in [0.1, 0.15) is 32.1 Å². The summed E-state index contributed by atoms with van der Waals surface area (Å²) in [6.07, 6.45) is 5.80. The van der Waals surface area contributed by atoms with E-state index in [0.29, 0.717) is 0 Å². The molecular weight excluding hydrogens is 174 g/mol. The molecule has 0 bridgehead atoms. The molecule has 1 unspecified atom stereocenters. The number of likely N-dealkylation sites (tertiary alicyclic amines) is 1. The van der Waals surface area contributed by atoms with Gasteiger partial charge in [-0.05, 0) is 45.3 Å². The minimum absolute atomic E-state index is 0.644. The lowest BCUT2D eigenvalue weighted by Crippen LogP contribution is -2.30. The average molecular weight is 192 g/mol. The summed E-state index contributed by atoms with van der Waals surface area (Å²) in [5, 5.41) is 8.83. The van der Waals surface area contributed by atoms with Crippen LogP contribution in [-0.2, 0) is 0 Å². The molecule has 0 aromatic rings. The van der Waals surface area contributed by atoms with Gasteiger partial charge in [0.15, 0.2) is 0 Å². The molecule has 1 N–H and O–H groups in total. The van der Waals surface area contributed by atoms with Crippen molar-refractivity contribution in [3.05, 3.63) is 0 Å². The van der Waals surface area contributed by atoms with E-state index in [1.165, 1.54) is 32.4 Å². The van der Waals surface area contributed by atoms with Gasteiger partial charge in [-0.3, -0.25) is 0 Å². The molecule has 1 rings (SSSR count). The van der Waals surface area contributed by atoms with Gasteiger partial charge in [-0.2, -0.15) is 0 Å². The third-order valence-electron chi connectivity index (χ3n) is 2.37. The van der Waals surface area contributed by atoms with Gasteiger partial charge in [-0.15, -0.1) is 0 Å². The van der Waals surface area contributed by atoms with Crippen LogP contribution in [-0.4, -0.2) is 35.2 Å². The smallest absolute Gasteiger partial charge is 0.128 e. The summed E-state index contributed by atoms with van der Waals surface area (Å²) in [7, 11) is 0. The molecule has 0 saturated carbocycles. The first-order valence-electron chi connectivity index (χ1n) is 4.83. The van der Waals surface area contributed by atoms with Crippen molar-refractivity contribution in [1.82, 2.24) is 4.90 Å². The van der Waals surface area contributed by atoms with Gasteiger partial charge in [0, 0.05) is 0 Å². The van der Waals surface area contributed by atoms with Crippen LogP contribution in [0.5, 0.6) is 0 Å². The number of piperidine rings is 1. The fraction of sp³-hybridized carbons (Fsp3) is 1.00. The zero-order chi connectivity index (χ0) is 8.81. The monoisotopic (exact) mass is 191 g/mol. The summed E-state index contributed by atoms with van der Waals surface area (Å²) in [5.74, 6) is 0. The van der Waals surface area contributed by atoms with E-state index in [-0.39, 0.29) is 0 Å². The highest BCUT2D eigenvalue weighted by Gasteiger charge is 2.09. The van der Waals surface area contributed by atoms with E-state index in [2.05, 4.69) is 4.90 Å². The third-order valence-corrected chi connectivity index (χ3v) is 2.58. The molecule has 1 fully saturated rings. The van der Waals surface area contributed by atoms with E-state index in [1.807, 2.05) is 0 Å². The highest BCUT2D eigenvalue weighted by atomic mass is 35.5. The number of hydrogen-bond donors (Lipinski definition) is 1. The minimum atomic E-state index is -0.644. The number of aliphatic hydroxyl groups is 1. The van der Waals surface area contributed by atoms with Crippen molar-refractivity contribution in [1.29, 1.82) is 0 Å². The maximum absolute atomic E-state index is 8.83. The van der Waals surface area contributed by atoms with Crippen LogP contribution in [0.15, 0.2) is 0 Å². The molecule has 0 aromatic carbocycles. The molecule has 0 amide bonds. The van der Waals surface area contributed by atoms with E-state index in [0.717, 1.165) is 19.4 Å². The Kier molecular flexibility index (Phi) is 4.96. The molecule has 0 aliphatic carbocycles. The molecule has 1 aliphatic heterocycles. The van der Waals surface area contributed by atoms with Gasteiger partial charge in [-0.1, -0.05) is 18.0 Å². The van der Waals surface area contributed by atoms with Gasteiger partial charge < -0.3 is 10.0 Å². The van der Waals surface area contributed by atoms with Crippen LogP contribution in [0, 0.1) is 0 Å². The van der Waals surface area contributed by atoms with Gasteiger partial charge in [0.05, 0.1) is 0 Å². The molecule has 1 heterocycles. The number of alkyl halides is 1. The molecule has 2 nitrogen and oxygen atoms in total. The van der Waals surface area contributed by atoms with Gasteiger partial charge in [0.25, 0.3) is 0 Å². The maximum atomic E-state index is 8.83. The normalized spacial score (nSPS) is 22.5. The van der Waals surface area contributed by atoms with Crippen molar-refractivity contribution in [3.63, 3.8) is 0 Å². The van der Waals surface area contributed by atoms with Crippen LogP contribution in [0.25, 0.3) is 0 Å². The predicted molar refractivity (Wildman–Crippen MR) is 51.4 cm³/mol. The van der Waals surface area contributed by atoms with E-state index in [9.17, 15) is 0 Å². The molecule has 3 heteroatoms. The Morgan fingerprint density at radius 2 is 1.92 bits per heavy atom. The van der Waals surface area contributed by atoms with Crippen molar-refractivity contribution < 1.29 is 5.11 Å². The minimum Gasteiger partial charge on any atom is -0.378 e. The van der Waals surface area contributed by atoms with Gasteiger partial charge in [0.1, 0.15) is 5.56 Å². The highest BCUT2D eigenvalue weighted by molar-refractivity contribution is 6.19. The third kappa shape index (κ3) is 4.29. The Balaban J connectivity index is 1.98. The quantitative estimate of drug-likeness (QED) is 0.686. The summed E-state index contributed by atoms with van der Waals surface area (Å²) in [6.45, 7) is 3.57. The molecule has 0 radical (unpaired) electrons. The Labute approximate surface area is 79.5 Å². The van der Waals surface area contributed by atoms with Crippen molar-refractivity contribution in [2.75, 3.05) is 19.6 Å². The Morgan fingerprint density at radius 3 is 2.50 bits per heavy atom. The lowest BCUT2D eigenvalue weighted by Gasteiger charge is -2.26. The van der Waals surface area contributed by atoms with Gasteiger partial charge in [-0.25, -0.2) is 0 Å². The first-order chi connectivity index (χ1) is 5.79. The van der Waals surface area contributed by atoms with Crippen LogP contribution in [0.3, 0.4) is 0 Å². The first-order valence-corrected chi connectivity index (χ1v) is 5.27. The van der Waals surface area contributed by atoms with E-state index >= 15 is 0 Å². The van der Waals surface area contributed by atoms with Crippen LogP contribution in [0.4, 0.5) is 0 Å². The summed E-state index contributed by atoms with van der Waals surface area (Å²) in [5.41, 5.74) is -0.644. The summed E-state index contributed by atoms with van der Waals surface area (Å²) >= 11 is 5.43. The van der Waals surface area contributed by atoms with Crippen molar-refractivity contribution >= 4 is 11.6 Å². The first kappa shape index (κ1) is 10.3. The number of rotatable bonds is 4.